The number of para-hydroxylation sites is 1. The molecule has 0 atom stereocenters. The zero-order chi connectivity index (χ0) is 19.7. The van der Waals surface area contributed by atoms with Gasteiger partial charge in [-0.2, -0.15) is 0 Å². The molecule has 2 heterocycles. The van der Waals surface area contributed by atoms with Crippen LogP contribution in [0.5, 0.6) is 0 Å². The first-order valence-electron chi connectivity index (χ1n) is 8.95. The maximum Gasteiger partial charge on any atom is 0.251 e. The van der Waals surface area contributed by atoms with Gasteiger partial charge in [0.15, 0.2) is 0 Å². The van der Waals surface area contributed by atoms with Crippen LogP contribution in [-0.2, 0) is 21.2 Å². The molecule has 28 heavy (non-hydrogen) atoms. The number of anilines is 1. The number of aromatic amines is 1. The summed E-state index contributed by atoms with van der Waals surface area (Å²) >= 11 is 0. The van der Waals surface area contributed by atoms with Crippen LogP contribution in [-0.4, -0.2) is 37.5 Å². The molecule has 3 aromatic rings. The normalized spacial score (nSPS) is 15.9. The van der Waals surface area contributed by atoms with Gasteiger partial charge in [0.1, 0.15) is 0 Å². The minimum atomic E-state index is -3.60. The summed E-state index contributed by atoms with van der Waals surface area (Å²) < 4.78 is 24.7. The van der Waals surface area contributed by atoms with Gasteiger partial charge < -0.3 is 10.3 Å². The molecule has 1 aliphatic heterocycles. The number of rotatable bonds is 5. The van der Waals surface area contributed by atoms with Gasteiger partial charge in [0.05, 0.1) is 11.4 Å². The topological polar surface area (TPSA) is 99.3 Å². The Morgan fingerprint density at radius 2 is 1.86 bits per heavy atom. The summed E-state index contributed by atoms with van der Waals surface area (Å²) in [6.07, 6.45) is 2.62. The molecule has 0 unspecified atom stereocenters. The summed E-state index contributed by atoms with van der Waals surface area (Å²) in [7, 11) is -3.60. The molecule has 0 bridgehead atoms. The second kappa shape index (κ2) is 7.12. The summed E-state index contributed by atoms with van der Waals surface area (Å²) in [5, 5.41) is 4.00. The van der Waals surface area contributed by atoms with E-state index in [4.69, 9.17) is 0 Å². The Kier molecular flexibility index (Phi) is 4.64. The smallest absolute Gasteiger partial charge is 0.251 e. The highest BCUT2D eigenvalue weighted by atomic mass is 32.2. The van der Waals surface area contributed by atoms with E-state index < -0.39 is 15.9 Å². The summed E-state index contributed by atoms with van der Waals surface area (Å²) in [5.41, 5.74) is 2.86. The van der Waals surface area contributed by atoms with E-state index in [1.54, 1.807) is 0 Å². The zero-order valence-electron chi connectivity index (χ0n) is 15.0. The predicted octanol–water partition coefficient (Wildman–Crippen LogP) is 2.21. The van der Waals surface area contributed by atoms with Gasteiger partial charge in [-0.1, -0.05) is 18.2 Å². The van der Waals surface area contributed by atoms with Crippen molar-refractivity contribution in [2.75, 3.05) is 16.6 Å². The molecule has 2 amide bonds. The number of aromatic nitrogens is 1. The van der Waals surface area contributed by atoms with Gasteiger partial charge in [-0.25, -0.2) is 12.7 Å². The van der Waals surface area contributed by atoms with Crippen LogP contribution in [0, 0.1) is 0 Å². The van der Waals surface area contributed by atoms with E-state index in [1.807, 2.05) is 30.5 Å². The number of nitrogens with one attached hydrogen (secondary N) is 2. The van der Waals surface area contributed by atoms with Crippen LogP contribution in [0.25, 0.3) is 10.9 Å². The molecule has 2 aromatic carbocycles. The van der Waals surface area contributed by atoms with Crippen LogP contribution in [0.15, 0.2) is 54.7 Å². The highest BCUT2D eigenvalue weighted by Crippen LogP contribution is 2.25. The van der Waals surface area contributed by atoms with Crippen molar-refractivity contribution in [3.63, 3.8) is 0 Å². The molecule has 1 fully saturated rings. The van der Waals surface area contributed by atoms with E-state index in [0.29, 0.717) is 18.5 Å². The first-order chi connectivity index (χ1) is 13.5. The number of H-pyrrole nitrogens is 1. The Bertz CT molecular complexity index is 1150. The van der Waals surface area contributed by atoms with Crippen molar-refractivity contribution in [2.45, 2.75) is 12.8 Å². The number of amides is 2. The highest BCUT2D eigenvalue weighted by Gasteiger charge is 2.36. The molecule has 144 valence electrons. The van der Waals surface area contributed by atoms with Crippen molar-refractivity contribution in [3.8, 4) is 0 Å². The second-order valence-corrected chi connectivity index (χ2v) is 8.57. The number of carbonyl (C=O) groups excluding carboxylic acids is 2. The molecule has 0 spiro atoms. The van der Waals surface area contributed by atoms with Crippen LogP contribution in [0.3, 0.4) is 0 Å². The fraction of sp³-hybridized carbons (Fsp3) is 0.200. The zero-order valence-corrected chi connectivity index (χ0v) is 15.8. The van der Waals surface area contributed by atoms with Crippen molar-refractivity contribution < 1.29 is 18.0 Å². The van der Waals surface area contributed by atoms with Crippen molar-refractivity contribution >= 4 is 38.4 Å². The van der Waals surface area contributed by atoms with Gasteiger partial charge in [-0.15, -0.1) is 0 Å². The maximum absolute atomic E-state index is 12.3. The number of nitrogens with zero attached hydrogens (tertiary/aromatic N) is 1. The quantitative estimate of drug-likeness (QED) is 0.689. The first kappa shape index (κ1) is 18.2. The van der Waals surface area contributed by atoms with Crippen LogP contribution in [0.4, 0.5) is 5.69 Å². The summed E-state index contributed by atoms with van der Waals surface area (Å²) in [6, 6.07) is 14.0. The Balaban J connectivity index is 1.39. The fourth-order valence-corrected chi connectivity index (χ4v) is 4.83. The van der Waals surface area contributed by atoms with Gasteiger partial charge in [0, 0.05) is 35.6 Å². The van der Waals surface area contributed by atoms with Crippen LogP contribution >= 0.6 is 0 Å². The van der Waals surface area contributed by atoms with Crippen LogP contribution in [0.2, 0.25) is 0 Å². The third-order valence-electron chi connectivity index (χ3n) is 4.80. The van der Waals surface area contributed by atoms with E-state index in [1.165, 1.54) is 24.3 Å². The summed E-state index contributed by atoms with van der Waals surface area (Å²) in [4.78, 5) is 27.4. The van der Waals surface area contributed by atoms with E-state index in [-0.39, 0.29) is 23.8 Å². The third-order valence-corrected chi connectivity index (χ3v) is 6.49. The first-order valence-corrected chi connectivity index (χ1v) is 10.6. The molecule has 1 aliphatic rings. The minimum absolute atomic E-state index is 0.0155. The van der Waals surface area contributed by atoms with Crippen molar-refractivity contribution in [1.82, 2.24) is 10.3 Å². The highest BCUT2D eigenvalue weighted by molar-refractivity contribution is 7.94. The fourth-order valence-electron chi connectivity index (χ4n) is 3.37. The van der Waals surface area contributed by atoms with Gasteiger partial charge >= 0.3 is 0 Å². The lowest BCUT2D eigenvalue weighted by atomic mass is 10.1. The van der Waals surface area contributed by atoms with Gasteiger partial charge in [0.2, 0.25) is 15.9 Å². The third kappa shape index (κ3) is 3.38. The van der Waals surface area contributed by atoms with E-state index in [2.05, 4.69) is 10.3 Å². The molecular weight excluding hydrogens is 378 g/mol. The molecule has 1 saturated heterocycles. The Labute approximate surface area is 162 Å². The van der Waals surface area contributed by atoms with Gasteiger partial charge in [-0.3, -0.25) is 9.59 Å². The Hall–Kier alpha value is -3.13. The summed E-state index contributed by atoms with van der Waals surface area (Å²) in [5.74, 6) is -0.875. The molecule has 2 N–H and O–H groups in total. The number of fused-ring (bicyclic) bond motifs is 1. The number of carbonyl (C=O) groups is 2. The number of sulfonamides is 1. The second-order valence-electron chi connectivity index (χ2n) is 6.64. The standard InChI is InChI=1S/C20H19N3O4S/c24-19-10-12-28(26,27)23(19)16-7-5-14(6-8-16)20(25)21-11-9-15-13-22-18-4-2-1-3-17(15)18/h1-8,13,22H,9-12H2,(H,21,25). The van der Waals surface area contributed by atoms with E-state index >= 15 is 0 Å². The van der Waals surface area contributed by atoms with Crippen molar-refractivity contribution in [1.29, 1.82) is 0 Å². The maximum atomic E-state index is 12.3. The molecular formula is C20H19N3O4S. The van der Waals surface area contributed by atoms with Gasteiger partial charge in [-0.05, 0) is 42.3 Å². The lowest BCUT2D eigenvalue weighted by molar-refractivity contribution is -0.116. The van der Waals surface area contributed by atoms with Crippen molar-refractivity contribution in [2.24, 2.45) is 0 Å². The Morgan fingerprint density at radius 1 is 1.11 bits per heavy atom. The number of hydrogen-bond donors (Lipinski definition) is 2. The average Bonchev–Trinajstić information content (AvgIpc) is 3.22. The SMILES string of the molecule is O=C(NCCc1c[nH]c2ccccc12)c1ccc(N2C(=O)CCS2(=O)=O)cc1. The van der Waals surface area contributed by atoms with Gasteiger partial charge in [0.25, 0.3) is 5.91 Å². The number of hydrogen-bond acceptors (Lipinski definition) is 4. The molecule has 4 rings (SSSR count). The van der Waals surface area contributed by atoms with E-state index in [0.717, 1.165) is 20.8 Å². The van der Waals surface area contributed by atoms with E-state index in [9.17, 15) is 18.0 Å². The van der Waals surface area contributed by atoms with Crippen molar-refractivity contribution in [3.05, 3.63) is 65.9 Å². The predicted molar refractivity (Wildman–Crippen MR) is 107 cm³/mol. The monoisotopic (exact) mass is 397 g/mol. The van der Waals surface area contributed by atoms with Crippen LogP contribution < -0.4 is 9.62 Å². The molecule has 0 saturated carbocycles. The molecule has 0 aliphatic carbocycles. The Morgan fingerprint density at radius 3 is 2.57 bits per heavy atom. The average molecular weight is 397 g/mol. The molecule has 1 aromatic heterocycles. The lowest BCUT2D eigenvalue weighted by Gasteiger charge is -2.15. The molecule has 7 nitrogen and oxygen atoms in total. The molecule has 8 heteroatoms. The van der Waals surface area contributed by atoms with Crippen LogP contribution in [0.1, 0.15) is 22.3 Å². The minimum Gasteiger partial charge on any atom is -0.361 e. The number of benzene rings is 2. The lowest BCUT2D eigenvalue weighted by Crippen LogP contribution is -2.29. The largest absolute Gasteiger partial charge is 0.361 e. The summed E-state index contributed by atoms with van der Waals surface area (Å²) in [6.45, 7) is 0.474. The molecule has 0 radical (unpaired) electrons.